The molecule has 0 saturated carbocycles. The fourth-order valence-corrected chi connectivity index (χ4v) is 1.71. The van der Waals surface area contributed by atoms with Crippen LogP contribution in [0.15, 0.2) is 12.4 Å². The molecule has 0 spiro atoms. The van der Waals surface area contributed by atoms with E-state index in [2.05, 4.69) is 27.1 Å². The summed E-state index contributed by atoms with van der Waals surface area (Å²) in [5.74, 6) is 1.53. The lowest BCUT2D eigenvalue weighted by molar-refractivity contribution is 0.303. The Morgan fingerprint density at radius 1 is 1.31 bits per heavy atom. The lowest BCUT2D eigenvalue weighted by Gasteiger charge is -2.28. The Morgan fingerprint density at radius 2 is 2.06 bits per heavy atom. The van der Waals surface area contributed by atoms with Crippen LogP contribution in [0.4, 0.5) is 5.82 Å². The SMILES string of the molecule is CCCOc1nccnc1N1CCNCC1. The highest BCUT2D eigenvalue weighted by molar-refractivity contribution is 5.48. The van der Waals surface area contributed by atoms with Gasteiger partial charge in [0.2, 0.25) is 0 Å². The Balaban J connectivity index is 2.11. The van der Waals surface area contributed by atoms with Crippen LogP contribution in [-0.2, 0) is 0 Å². The molecule has 16 heavy (non-hydrogen) atoms. The highest BCUT2D eigenvalue weighted by atomic mass is 16.5. The number of nitrogens with zero attached hydrogens (tertiary/aromatic N) is 3. The third-order valence-electron chi connectivity index (χ3n) is 2.51. The molecular weight excluding hydrogens is 204 g/mol. The summed E-state index contributed by atoms with van der Waals surface area (Å²) < 4.78 is 5.60. The van der Waals surface area contributed by atoms with Gasteiger partial charge in [-0.15, -0.1) is 0 Å². The van der Waals surface area contributed by atoms with E-state index < -0.39 is 0 Å². The lowest BCUT2D eigenvalue weighted by atomic mass is 10.3. The minimum atomic E-state index is 0.659. The predicted octanol–water partition coefficient (Wildman–Crippen LogP) is 0.675. The molecule has 0 radical (unpaired) electrons. The van der Waals surface area contributed by atoms with Gasteiger partial charge in [0.25, 0.3) is 5.88 Å². The molecule has 0 bridgehead atoms. The lowest BCUT2D eigenvalue weighted by Crippen LogP contribution is -2.44. The zero-order chi connectivity index (χ0) is 11.2. The topological polar surface area (TPSA) is 50.3 Å². The third kappa shape index (κ3) is 2.61. The second-order valence-electron chi connectivity index (χ2n) is 3.77. The molecule has 1 saturated heterocycles. The molecule has 0 amide bonds. The summed E-state index contributed by atoms with van der Waals surface area (Å²) in [4.78, 5) is 10.8. The van der Waals surface area contributed by atoms with Gasteiger partial charge in [0, 0.05) is 38.6 Å². The average molecular weight is 222 g/mol. The Hall–Kier alpha value is -1.36. The number of aromatic nitrogens is 2. The number of rotatable bonds is 4. The summed E-state index contributed by atoms with van der Waals surface area (Å²) >= 11 is 0. The zero-order valence-corrected chi connectivity index (χ0v) is 9.65. The number of nitrogens with one attached hydrogen (secondary N) is 1. The minimum Gasteiger partial charge on any atom is -0.475 e. The Bertz CT molecular complexity index is 326. The van der Waals surface area contributed by atoms with Crippen LogP contribution in [-0.4, -0.2) is 42.8 Å². The number of piperazine rings is 1. The van der Waals surface area contributed by atoms with Crippen molar-refractivity contribution in [2.24, 2.45) is 0 Å². The standard InChI is InChI=1S/C11H18N4O/c1-2-9-16-11-10(13-3-4-14-11)15-7-5-12-6-8-15/h3-4,12H,2,5-9H2,1H3. The number of anilines is 1. The first-order valence-electron chi connectivity index (χ1n) is 5.81. The fraction of sp³-hybridized carbons (Fsp3) is 0.636. The summed E-state index contributed by atoms with van der Waals surface area (Å²) in [6, 6.07) is 0. The van der Waals surface area contributed by atoms with Crippen molar-refractivity contribution >= 4 is 5.82 Å². The highest BCUT2D eigenvalue weighted by Gasteiger charge is 2.16. The van der Waals surface area contributed by atoms with Gasteiger partial charge in [-0.1, -0.05) is 6.92 Å². The van der Waals surface area contributed by atoms with Gasteiger partial charge in [-0.25, -0.2) is 9.97 Å². The molecule has 2 heterocycles. The van der Waals surface area contributed by atoms with Crippen LogP contribution >= 0.6 is 0 Å². The summed E-state index contributed by atoms with van der Waals surface area (Å²) in [7, 11) is 0. The molecule has 0 atom stereocenters. The quantitative estimate of drug-likeness (QED) is 0.811. The van der Waals surface area contributed by atoms with Crippen molar-refractivity contribution in [3.8, 4) is 5.88 Å². The van der Waals surface area contributed by atoms with Crippen LogP contribution in [0.2, 0.25) is 0 Å². The molecule has 0 unspecified atom stereocenters. The first kappa shape index (κ1) is 11.1. The largest absolute Gasteiger partial charge is 0.475 e. The summed E-state index contributed by atoms with van der Waals surface area (Å²) in [6.07, 6.45) is 4.38. The molecule has 1 fully saturated rings. The van der Waals surface area contributed by atoms with Crippen molar-refractivity contribution in [1.29, 1.82) is 0 Å². The van der Waals surface area contributed by atoms with E-state index in [-0.39, 0.29) is 0 Å². The van der Waals surface area contributed by atoms with Crippen molar-refractivity contribution in [2.45, 2.75) is 13.3 Å². The highest BCUT2D eigenvalue weighted by Crippen LogP contribution is 2.22. The molecule has 1 aromatic heterocycles. The maximum absolute atomic E-state index is 5.60. The van der Waals surface area contributed by atoms with E-state index >= 15 is 0 Å². The van der Waals surface area contributed by atoms with Gasteiger partial charge in [0.1, 0.15) is 0 Å². The molecule has 5 heteroatoms. The minimum absolute atomic E-state index is 0.659. The first-order valence-corrected chi connectivity index (χ1v) is 5.81. The van der Waals surface area contributed by atoms with E-state index in [0.29, 0.717) is 12.5 Å². The van der Waals surface area contributed by atoms with Crippen LogP contribution in [0, 0.1) is 0 Å². The Labute approximate surface area is 95.8 Å². The van der Waals surface area contributed by atoms with E-state index in [4.69, 9.17) is 4.74 Å². The van der Waals surface area contributed by atoms with Gasteiger partial charge >= 0.3 is 0 Å². The average Bonchev–Trinajstić information content (AvgIpc) is 2.38. The number of hydrogen-bond donors (Lipinski definition) is 1. The van der Waals surface area contributed by atoms with Gasteiger partial charge in [-0.05, 0) is 6.42 Å². The fourth-order valence-electron chi connectivity index (χ4n) is 1.71. The van der Waals surface area contributed by atoms with Crippen molar-refractivity contribution in [1.82, 2.24) is 15.3 Å². The second-order valence-corrected chi connectivity index (χ2v) is 3.77. The normalized spacial score (nSPS) is 16.2. The van der Waals surface area contributed by atoms with Crippen LogP contribution in [0.1, 0.15) is 13.3 Å². The molecule has 0 aromatic carbocycles. The maximum atomic E-state index is 5.60. The van der Waals surface area contributed by atoms with Gasteiger partial charge in [0.15, 0.2) is 5.82 Å². The van der Waals surface area contributed by atoms with Gasteiger partial charge in [-0.3, -0.25) is 0 Å². The van der Waals surface area contributed by atoms with Crippen molar-refractivity contribution < 1.29 is 4.74 Å². The van der Waals surface area contributed by atoms with Crippen LogP contribution in [0.5, 0.6) is 5.88 Å². The second kappa shape index (κ2) is 5.65. The van der Waals surface area contributed by atoms with Crippen molar-refractivity contribution in [3.63, 3.8) is 0 Å². The number of hydrogen-bond acceptors (Lipinski definition) is 5. The van der Waals surface area contributed by atoms with Gasteiger partial charge in [-0.2, -0.15) is 0 Å². The molecule has 5 nitrogen and oxygen atoms in total. The maximum Gasteiger partial charge on any atom is 0.257 e. The molecular formula is C11H18N4O. The number of ether oxygens (including phenoxy) is 1. The van der Waals surface area contributed by atoms with Crippen LogP contribution in [0.3, 0.4) is 0 Å². The molecule has 88 valence electrons. The molecule has 1 N–H and O–H groups in total. The summed E-state index contributed by atoms with van der Waals surface area (Å²) in [6.45, 7) is 6.68. The van der Waals surface area contributed by atoms with E-state index in [9.17, 15) is 0 Å². The Kier molecular flexibility index (Phi) is 3.93. The third-order valence-corrected chi connectivity index (χ3v) is 2.51. The molecule has 1 aliphatic rings. The van der Waals surface area contributed by atoms with E-state index in [1.807, 2.05) is 0 Å². The van der Waals surface area contributed by atoms with Gasteiger partial charge < -0.3 is 15.0 Å². The van der Waals surface area contributed by atoms with E-state index in [0.717, 1.165) is 38.4 Å². The Morgan fingerprint density at radius 3 is 2.81 bits per heavy atom. The van der Waals surface area contributed by atoms with Gasteiger partial charge in [0.05, 0.1) is 6.61 Å². The molecule has 1 aromatic rings. The van der Waals surface area contributed by atoms with E-state index in [1.165, 1.54) is 0 Å². The van der Waals surface area contributed by atoms with Crippen LogP contribution < -0.4 is 15.0 Å². The first-order chi connectivity index (χ1) is 7.92. The van der Waals surface area contributed by atoms with Crippen molar-refractivity contribution in [2.75, 3.05) is 37.7 Å². The monoisotopic (exact) mass is 222 g/mol. The van der Waals surface area contributed by atoms with Crippen molar-refractivity contribution in [3.05, 3.63) is 12.4 Å². The zero-order valence-electron chi connectivity index (χ0n) is 9.65. The smallest absolute Gasteiger partial charge is 0.257 e. The van der Waals surface area contributed by atoms with E-state index in [1.54, 1.807) is 12.4 Å². The molecule has 2 rings (SSSR count). The molecule has 0 aliphatic carbocycles. The predicted molar refractivity (Wildman–Crippen MR) is 62.9 cm³/mol. The summed E-state index contributed by atoms with van der Waals surface area (Å²) in [5, 5.41) is 3.32. The molecule has 1 aliphatic heterocycles. The van der Waals surface area contributed by atoms with Crippen LogP contribution in [0.25, 0.3) is 0 Å². The summed E-state index contributed by atoms with van der Waals surface area (Å²) in [5.41, 5.74) is 0.